The van der Waals surface area contributed by atoms with Crippen molar-refractivity contribution in [2.24, 2.45) is 5.92 Å². The third-order valence-corrected chi connectivity index (χ3v) is 3.70. The molecule has 3 nitrogen and oxygen atoms in total. The van der Waals surface area contributed by atoms with Crippen molar-refractivity contribution in [2.75, 3.05) is 6.54 Å². The minimum Gasteiger partial charge on any atom is -0.312 e. The summed E-state index contributed by atoms with van der Waals surface area (Å²) >= 11 is 0. The van der Waals surface area contributed by atoms with Gasteiger partial charge in [0.1, 0.15) is 5.82 Å². The highest BCUT2D eigenvalue weighted by Crippen LogP contribution is 2.14. The number of nitrogens with zero attached hydrogens (tertiary/aromatic N) is 2. The van der Waals surface area contributed by atoms with E-state index in [1.807, 2.05) is 23.9 Å². The zero-order valence-corrected chi connectivity index (χ0v) is 13.3. The van der Waals surface area contributed by atoms with Gasteiger partial charge in [0.2, 0.25) is 0 Å². The van der Waals surface area contributed by atoms with Crippen LogP contribution in [0.4, 0.5) is 4.39 Å². The zero-order valence-electron chi connectivity index (χ0n) is 13.3. The van der Waals surface area contributed by atoms with Gasteiger partial charge in [-0.25, -0.2) is 4.39 Å². The largest absolute Gasteiger partial charge is 0.312 e. The van der Waals surface area contributed by atoms with Crippen molar-refractivity contribution in [1.82, 2.24) is 15.1 Å². The summed E-state index contributed by atoms with van der Waals surface area (Å²) in [5, 5.41) is 7.89. The second kappa shape index (κ2) is 6.85. The topological polar surface area (TPSA) is 29.9 Å². The third kappa shape index (κ3) is 4.14. The van der Waals surface area contributed by atoms with E-state index in [1.165, 1.54) is 11.6 Å². The van der Waals surface area contributed by atoms with Crippen LogP contribution >= 0.6 is 0 Å². The molecule has 0 fully saturated rings. The maximum atomic E-state index is 13.1. The van der Waals surface area contributed by atoms with Crippen molar-refractivity contribution < 1.29 is 4.39 Å². The maximum Gasteiger partial charge on any atom is 0.123 e. The van der Waals surface area contributed by atoms with E-state index in [1.54, 1.807) is 6.07 Å². The van der Waals surface area contributed by atoms with Crippen LogP contribution < -0.4 is 5.32 Å². The van der Waals surface area contributed by atoms with Crippen molar-refractivity contribution >= 4 is 0 Å². The fourth-order valence-corrected chi connectivity index (χ4v) is 2.31. The quantitative estimate of drug-likeness (QED) is 0.883. The number of halogens is 1. The van der Waals surface area contributed by atoms with Crippen LogP contribution in [0.15, 0.2) is 24.4 Å². The molecule has 1 heterocycles. The van der Waals surface area contributed by atoms with Gasteiger partial charge < -0.3 is 5.32 Å². The van der Waals surface area contributed by atoms with Gasteiger partial charge in [0, 0.05) is 17.8 Å². The van der Waals surface area contributed by atoms with E-state index in [2.05, 4.69) is 31.2 Å². The molecule has 0 radical (unpaired) electrons. The normalized spacial score (nSPS) is 11.3. The first kappa shape index (κ1) is 15.7. The van der Waals surface area contributed by atoms with Gasteiger partial charge in [-0.3, -0.25) is 4.68 Å². The maximum absolute atomic E-state index is 13.1. The number of hydrogen-bond donors (Lipinski definition) is 1. The molecule has 0 saturated carbocycles. The van der Waals surface area contributed by atoms with Crippen LogP contribution in [0.2, 0.25) is 0 Å². The monoisotopic (exact) mass is 289 g/mol. The lowest BCUT2D eigenvalue weighted by Gasteiger charge is -2.10. The average Bonchev–Trinajstić information content (AvgIpc) is 2.74. The van der Waals surface area contributed by atoms with Gasteiger partial charge in [-0.1, -0.05) is 19.9 Å². The Morgan fingerprint density at radius 2 is 2.00 bits per heavy atom. The summed E-state index contributed by atoms with van der Waals surface area (Å²) in [5.41, 5.74) is 4.44. The van der Waals surface area contributed by atoms with E-state index in [9.17, 15) is 4.39 Å². The van der Waals surface area contributed by atoms with Gasteiger partial charge in [0.25, 0.3) is 0 Å². The number of aryl methyl sites for hydroxylation is 1. The van der Waals surface area contributed by atoms with Crippen molar-refractivity contribution in [2.45, 2.75) is 40.8 Å². The molecule has 0 spiro atoms. The first-order valence-corrected chi connectivity index (χ1v) is 7.44. The molecule has 0 aliphatic carbocycles. The fourth-order valence-electron chi connectivity index (χ4n) is 2.31. The van der Waals surface area contributed by atoms with Crippen molar-refractivity contribution in [1.29, 1.82) is 0 Å². The molecule has 1 N–H and O–H groups in total. The Kier molecular flexibility index (Phi) is 5.12. The Labute approximate surface area is 126 Å². The number of hydrogen-bond acceptors (Lipinski definition) is 2. The Morgan fingerprint density at radius 1 is 1.24 bits per heavy atom. The van der Waals surface area contributed by atoms with Gasteiger partial charge in [-0.2, -0.15) is 5.10 Å². The van der Waals surface area contributed by atoms with Crippen LogP contribution in [-0.2, 0) is 13.1 Å². The van der Waals surface area contributed by atoms with E-state index in [0.29, 0.717) is 12.5 Å². The zero-order chi connectivity index (χ0) is 15.4. The summed E-state index contributed by atoms with van der Waals surface area (Å²) in [5.74, 6) is 0.453. The molecule has 2 rings (SSSR count). The van der Waals surface area contributed by atoms with Crippen molar-refractivity contribution in [3.05, 3.63) is 52.6 Å². The Bertz CT molecular complexity index is 602. The highest BCUT2D eigenvalue weighted by molar-refractivity contribution is 5.27. The molecule has 0 bridgehead atoms. The molecule has 0 aliphatic rings. The second-order valence-electron chi connectivity index (χ2n) is 6.01. The van der Waals surface area contributed by atoms with Crippen LogP contribution in [0.1, 0.15) is 36.2 Å². The highest BCUT2D eigenvalue weighted by atomic mass is 19.1. The number of aromatic nitrogens is 2. The molecule has 0 amide bonds. The van der Waals surface area contributed by atoms with Gasteiger partial charge in [0.15, 0.2) is 0 Å². The molecule has 1 aromatic carbocycles. The minimum atomic E-state index is -0.188. The lowest BCUT2D eigenvalue weighted by molar-refractivity contribution is 0.550. The summed E-state index contributed by atoms with van der Waals surface area (Å²) in [6.45, 7) is 10.9. The predicted molar refractivity (Wildman–Crippen MR) is 83.7 cm³/mol. The van der Waals surface area contributed by atoms with E-state index in [0.717, 1.165) is 29.9 Å². The van der Waals surface area contributed by atoms with Crippen LogP contribution in [0.25, 0.3) is 0 Å². The number of rotatable bonds is 6. The van der Waals surface area contributed by atoms with Crippen LogP contribution in [0.3, 0.4) is 0 Å². The predicted octanol–water partition coefficient (Wildman–Crippen LogP) is 3.43. The standard InChI is InChI=1S/C17H24FN3/c1-12(2)8-19-9-16-10-20-21(14(16)4)11-15-5-6-17(18)7-13(15)3/h5-7,10,12,19H,8-9,11H2,1-4H3. The minimum absolute atomic E-state index is 0.188. The smallest absolute Gasteiger partial charge is 0.123 e. The van der Waals surface area contributed by atoms with Gasteiger partial charge in [-0.15, -0.1) is 0 Å². The summed E-state index contributed by atoms with van der Waals surface area (Å²) in [7, 11) is 0. The summed E-state index contributed by atoms with van der Waals surface area (Å²) in [6, 6.07) is 4.91. The molecule has 0 unspecified atom stereocenters. The SMILES string of the molecule is Cc1cc(F)ccc1Cn1ncc(CNCC(C)C)c1C. The molecule has 0 atom stereocenters. The Balaban J connectivity index is 2.06. The van der Waals surface area contributed by atoms with Gasteiger partial charge >= 0.3 is 0 Å². The third-order valence-electron chi connectivity index (χ3n) is 3.70. The molecule has 2 aromatic rings. The lowest BCUT2D eigenvalue weighted by atomic mass is 10.1. The molecule has 21 heavy (non-hydrogen) atoms. The number of benzene rings is 1. The fraction of sp³-hybridized carbons (Fsp3) is 0.471. The number of nitrogens with one attached hydrogen (secondary N) is 1. The molecule has 0 saturated heterocycles. The average molecular weight is 289 g/mol. The van der Waals surface area contributed by atoms with E-state index < -0.39 is 0 Å². The van der Waals surface area contributed by atoms with Gasteiger partial charge in [0.05, 0.1) is 12.7 Å². The second-order valence-corrected chi connectivity index (χ2v) is 6.01. The van der Waals surface area contributed by atoms with E-state index in [-0.39, 0.29) is 5.82 Å². The van der Waals surface area contributed by atoms with Crippen molar-refractivity contribution in [3.63, 3.8) is 0 Å². The summed E-state index contributed by atoms with van der Waals surface area (Å²) in [4.78, 5) is 0. The van der Waals surface area contributed by atoms with E-state index >= 15 is 0 Å². The summed E-state index contributed by atoms with van der Waals surface area (Å²) in [6.07, 6.45) is 1.92. The van der Waals surface area contributed by atoms with E-state index in [4.69, 9.17) is 0 Å². The molecule has 0 aliphatic heterocycles. The Hall–Kier alpha value is -1.68. The summed E-state index contributed by atoms with van der Waals surface area (Å²) < 4.78 is 15.1. The molecular weight excluding hydrogens is 265 g/mol. The first-order valence-electron chi connectivity index (χ1n) is 7.44. The Morgan fingerprint density at radius 3 is 2.67 bits per heavy atom. The first-order chi connectivity index (χ1) is 9.97. The molecule has 4 heteroatoms. The molecule has 1 aromatic heterocycles. The van der Waals surface area contributed by atoms with Crippen LogP contribution in [0, 0.1) is 25.6 Å². The molecular formula is C17H24FN3. The van der Waals surface area contributed by atoms with Crippen LogP contribution in [0.5, 0.6) is 0 Å². The van der Waals surface area contributed by atoms with Gasteiger partial charge in [-0.05, 0) is 49.6 Å². The molecule has 114 valence electrons. The highest BCUT2D eigenvalue weighted by Gasteiger charge is 2.08. The lowest BCUT2D eigenvalue weighted by Crippen LogP contribution is -2.19. The van der Waals surface area contributed by atoms with Crippen LogP contribution in [-0.4, -0.2) is 16.3 Å². The van der Waals surface area contributed by atoms with Crippen molar-refractivity contribution in [3.8, 4) is 0 Å².